The summed E-state index contributed by atoms with van der Waals surface area (Å²) in [5.41, 5.74) is 2.90. The number of aryl methyl sites for hydroxylation is 3. The summed E-state index contributed by atoms with van der Waals surface area (Å²) in [4.78, 5) is 21.2. The van der Waals surface area contributed by atoms with Gasteiger partial charge in [0.05, 0.1) is 15.5 Å². The standard InChI is InChI=1S/C28H29N5O5S2/c1-4-22-10-14-24(15-11-22)33(40(37,38)26-8-6-5-7-9-26)19-27(34)31-23-12-16-25(17-13-23)39(35,36)32-28-29-20(2)18-21(3)30-28/h5-18H,4,19H2,1-3H3,(H,31,34)(H,29,30,32). The zero-order valence-electron chi connectivity index (χ0n) is 22.2. The van der Waals surface area contributed by atoms with Crippen molar-refractivity contribution in [3.63, 3.8) is 0 Å². The lowest BCUT2D eigenvalue weighted by Gasteiger charge is -2.24. The van der Waals surface area contributed by atoms with E-state index in [0.717, 1.165) is 16.3 Å². The number of amides is 1. The Labute approximate surface area is 234 Å². The van der Waals surface area contributed by atoms with Crippen LogP contribution in [-0.2, 0) is 31.3 Å². The highest BCUT2D eigenvalue weighted by molar-refractivity contribution is 7.93. The van der Waals surface area contributed by atoms with E-state index in [1.165, 1.54) is 36.4 Å². The van der Waals surface area contributed by atoms with Crippen LogP contribution in [0.2, 0.25) is 0 Å². The fraction of sp³-hybridized carbons (Fsp3) is 0.179. The maximum Gasteiger partial charge on any atom is 0.264 e. The Morgan fingerprint density at radius 3 is 1.98 bits per heavy atom. The molecule has 0 aliphatic carbocycles. The van der Waals surface area contributed by atoms with Gasteiger partial charge in [0.2, 0.25) is 11.9 Å². The van der Waals surface area contributed by atoms with Gasteiger partial charge in [0.25, 0.3) is 20.0 Å². The summed E-state index contributed by atoms with van der Waals surface area (Å²) in [5, 5.41) is 2.65. The Bertz CT molecular complexity index is 1690. The largest absolute Gasteiger partial charge is 0.325 e. The Hall–Kier alpha value is -4.29. The van der Waals surface area contributed by atoms with Gasteiger partial charge >= 0.3 is 0 Å². The zero-order valence-corrected chi connectivity index (χ0v) is 23.8. The monoisotopic (exact) mass is 579 g/mol. The van der Waals surface area contributed by atoms with Crippen LogP contribution in [0, 0.1) is 13.8 Å². The molecule has 1 aromatic heterocycles. The molecule has 0 aliphatic rings. The van der Waals surface area contributed by atoms with Crippen molar-refractivity contribution in [2.75, 3.05) is 20.9 Å². The molecular weight excluding hydrogens is 550 g/mol. The molecule has 0 saturated heterocycles. The first kappa shape index (κ1) is 28.7. The third kappa shape index (κ3) is 6.82. The highest BCUT2D eigenvalue weighted by Gasteiger charge is 2.27. The second-order valence-corrected chi connectivity index (χ2v) is 12.5. The minimum Gasteiger partial charge on any atom is -0.325 e. The van der Waals surface area contributed by atoms with Crippen molar-refractivity contribution in [3.05, 3.63) is 102 Å². The number of anilines is 3. The average molecular weight is 580 g/mol. The van der Waals surface area contributed by atoms with Crippen molar-refractivity contribution in [2.45, 2.75) is 37.0 Å². The van der Waals surface area contributed by atoms with Gasteiger partial charge in [-0.25, -0.2) is 31.5 Å². The van der Waals surface area contributed by atoms with Crippen LogP contribution in [0.25, 0.3) is 0 Å². The summed E-state index contributed by atoms with van der Waals surface area (Å²) in [6, 6.07) is 22.0. The molecule has 1 amide bonds. The molecule has 40 heavy (non-hydrogen) atoms. The first-order valence-electron chi connectivity index (χ1n) is 12.4. The van der Waals surface area contributed by atoms with Gasteiger partial charge in [-0.1, -0.05) is 37.3 Å². The summed E-state index contributed by atoms with van der Waals surface area (Å²) in [5.74, 6) is -0.641. The van der Waals surface area contributed by atoms with E-state index in [1.807, 2.05) is 19.1 Å². The summed E-state index contributed by atoms with van der Waals surface area (Å²) < 4.78 is 56.0. The molecule has 208 valence electrons. The lowest BCUT2D eigenvalue weighted by molar-refractivity contribution is -0.114. The molecule has 0 aliphatic heterocycles. The molecule has 0 radical (unpaired) electrons. The topological polar surface area (TPSA) is 138 Å². The van der Waals surface area contributed by atoms with Crippen molar-refractivity contribution in [3.8, 4) is 0 Å². The van der Waals surface area contributed by atoms with Crippen LogP contribution in [-0.4, -0.2) is 39.3 Å². The van der Waals surface area contributed by atoms with Crippen molar-refractivity contribution in [1.29, 1.82) is 0 Å². The highest BCUT2D eigenvalue weighted by Crippen LogP contribution is 2.25. The molecule has 0 saturated carbocycles. The molecule has 2 N–H and O–H groups in total. The van der Waals surface area contributed by atoms with Gasteiger partial charge in [0, 0.05) is 17.1 Å². The molecule has 3 aromatic carbocycles. The second kappa shape index (κ2) is 11.8. The smallest absolute Gasteiger partial charge is 0.264 e. The maximum atomic E-state index is 13.5. The van der Waals surface area contributed by atoms with Crippen molar-refractivity contribution in [1.82, 2.24) is 9.97 Å². The fourth-order valence-electron chi connectivity index (χ4n) is 3.93. The van der Waals surface area contributed by atoms with Gasteiger partial charge in [0.15, 0.2) is 0 Å². The van der Waals surface area contributed by atoms with Crippen LogP contribution < -0.4 is 14.3 Å². The third-order valence-electron chi connectivity index (χ3n) is 5.91. The van der Waals surface area contributed by atoms with E-state index in [4.69, 9.17) is 0 Å². The van der Waals surface area contributed by atoms with Crippen LogP contribution in [0.1, 0.15) is 23.9 Å². The van der Waals surface area contributed by atoms with E-state index in [0.29, 0.717) is 22.8 Å². The molecule has 12 heteroatoms. The lowest BCUT2D eigenvalue weighted by Crippen LogP contribution is -2.38. The fourth-order valence-corrected chi connectivity index (χ4v) is 6.32. The number of sulfonamides is 2. The van der Waals surface area contributed by atoms with Crippen molar-refractivity contribution in [2.24, 2.45) is 0 Å². The summed E-state index contributed by atoms with van der Waals surface area (Å²) >= 11 is 0. The first-order chi connectivity index (χ1) is 19.0. The minimum atomic E-state index is -4.05. The second-order valence-electron chi connectivity index (χ2n) is 9.00. The molecule has 0 bridgehead atoms. The van der Waals surface area contributed by atoms with Gasteiger partial charge in [-0.05, 0) is 80.4 Å². The molecule has 0 atom stereocenters. The van der Waals surface area contributed by atoms with Crippen LogP contribution in [0.15, 0.2) is 94.7 Å². The van der Waals surface area contributed by atoms with Gasteiger partial charge < -0.3 is 5.32 Å². The number of carbonyl (C=O) groups excluding carboxylic acids is 1. The van der Waals surface area contributed by atoms with E-state index in [2.05, 4.69) is 20.0 Å². The van der Waals surface area contributed by atoms with E-state index < -0.39 is 32.5 Å². The number of benzene rings is 3. The van der Waals surface area contributed by atoms with Gasteiger partial charge in [-0.15, -0.1) is 0 Å². The van der Waals surface area contributed by atoms with Crippen LogP contribution in [0.5, 0.6) is 0 Å². The predicted molar refractivity (Wildman–Crippen MR) is 154 cm³/mol. The molecule has 4 rings (SSSR count). The van der Waals surface area contributed by atoms with E-state index in [9.17, 15) is 21.6 Å². The Morgan fingerprint density at radius 2 is 1.40 bits per heavy atom. The molecule has 10 nitrogen and oxygen atoms in total. The SMILES string of the molecule is CCc1ccc(N(CC(=O)Nc2ccc(S(=O)(=O)Nc3nc(C)cc(C)n3)cc2)S(=O)(=O)c2ccccc2)cc1. The molecule has 1 heterocycles. The van der Waals surface area contributed by atoms with E-state index in [-0.39, 0.29) is 15.7 Å². The number of hydrogen-bond donors (Lipinski definition) is 2. The van der Waals surface area contributed by atoms with Crippen LogP contribution in [0.3, 0.4) is 0 Å². The van der Waals surface area contributed by atoms with Crippen LogP contribution >= 0.6 is 0 Å². The van der Waals surface area contributed by atoms with Crippen LogP contribution in [0.4, 0.5) is 17.3 Å². The number of aromatic nitrogens is 2. The summed E-state index contributed by atoms with van der Waals surface area (Å²) in [6.07, 6.45) is 0.783. The molecule has 0 spiro atoms. The number of rotatable bonds is 10. The Kier molecular flexibility index (Phi) is 8.50. The maximum absolute atomic E-state index is 13.5. The average Bonchev–Trinajstić information content (AvgIpc) is 2.92. The molecule has 0 fully saturated rings. The van der Waals surface area contributed by atoms with E-state index in [1.54, 1.807) is 50.2 Å². The van der Waals surface area contributed by atoms with Crippen molar-refractivity contribution < 1.29 is 21.6 Å². The first-order valence-corrected chi connectivity index (χ1v) is 15.3. The highest BCUT2D eigenvalue weighted by atomic mass is 32.2. The number of hydrogen-bond acceptors (Lipinski definition) is 7. The van der Waals surface area contributed by atoms with Gasteiger partial charge in [0.1, 0.15) is 6.54 Å². The summed E-state index contributed by atoms with van der Waals surface area (Å²) in [7, 11) is -8.03. The number of nitrogens with one attached hydrogen (secondary N) is 2. The minimum absolute atomic E-state index is 0.0402. The number of nitrogens with zero attached hydrogens (tertiary/aromatic N) is 3. The van der Waals surface area contributed by atoms with Gasteiger partial charge in [-0.2, -0.15) is 0 Å². The predicted octanol–water partition coefficient (Wildman–Crippen LogP) is 4.29. The molecule has 4 aromatic rings. The lowest BCUT2D eigenvalue weighted by atomic mass is 10.1. The Morgan fingerprint density at radius 1 is 0.800 bits per heavy atom. The normalized spacial score (nSPS) is 11.6. The molecular formula is C28H29N5O5S2. The summed E-state index contributed by atoms with van der Waals surface area (Å²) in [6.45, 7) is 4.96. The number of carbonyl (C=O) groups is 1. The van der Waals surface area contributed by atoms with E-state index >= 15 is 0 Å². The molecule has 0 unspecified atom stereocenters. The zero-order chi connectivity index (χ0) is 28.9. The Balaban J connectivity index is 1.52. The quantitative estimate of drug-likeness (QED) is 0.286. The van der Waals surface area contributed by atoms with Gasteiger partial charge in [-0.3, -0.25) is 9.10 Å². The third-order valence-corrected chi connectivity index (χ3v) is 9.04. The van der Waals surface area contributed by atoms with Crippen molar-refractivity contribution >= 4 is 43.3 Å².